The predicted molar refractivity (Wildman–Crippen MR) is 308 cm³/mol. The maximum Gasteiger partial charge on any atom is -0.0326 e. The Morgan fingerprint density at radius 3 is 1.86 bits per heavy atom. The Kier molecular flexibility index (Phi) is 25.0. The van der Waals surface area contributed by atoms with E-state index in [1.807, 2.05) is 0 Å². The number of rotatable bonds is 29. The van der Waals surface area contributed by atoms with Crippen molar-refractivity contribution in [3.05, 3.63) is 0 Å². The van der Waals surface area contributed by atoms with Gasteiger partial charge < -0.3 is 0 Å². The van der Waals surface area contributed by atoms with Crippen molar-refractivity contribution in [3.63, 3.8) is 0 Å². The van der Waals surface area contributed by atoms with Crippen LogP contribution in [0.5, 0.6) is 0 Å². The van der Waals surface area contributed by atoms with Crippen molar-refractivity contribution in [2.24, 2.45) is 142 Å². The van der Waals surface area contributed by atoms with E-state index in [9.17, 15) is 0 Å². The molecule has 0 aromatic carbocycles. The molecule has 0 bridgehead atoms. The van der Waals surface area contributed by atoms with Crippen LogP contribution in [0.2, 0.25) is 0 Å². The lowest BCUT2D eigenvalue weighted by atomic mass is 9.55. The normalized spacial score (nSPS) is 35.5. The van der Waals surface area contributed by atoms with Crippen LogP contribution in [0.4, 0.5) is 0 Å². The molecular weight excluding hydrogens is 829 g/mol. The van der Waals surface area contributed by atoms with Crippen LogP contribution in [0.15, 0.2) is 0 Å². The lowest BCUT2D eigenvalue weighted by Crippen LogP contribution is -2.43. The van der Waals surface area contributed by atoms with Gasteiger partial charge in [-0.05, 0) is 251 Å². The summed E-state index contributed by atoms with van der Waals surface area (Å²) < 4.78 is 0. The predicted octanol–water partition coefficient (Wildman–Crippen LogP) is 22.5. The topological polar surface area (TPSA) is 0 Å². The van der Waals surface area contributed by atoms with Gasteiger partial charge in [0.1, 0.15) is 0 Å². The van der Waals surface area contributed by atoms with Gasteiger partial charge in [0.25, 0.3) is 0 Å². The maximum absolute atomic E-state index is 2.71. The van der Waals surface area contributed by atoms with Crippen LogP contribution in [0.25, 0.3) is 0 Å². The number of hydrogen-bond acceptors (Lipinski definition) is 0. The minimum absolute atomic E-state index is 0.499. The van der Waals surface area contributed by atoms with Gasteiger partial charge in [-0.25, -0.2) is 0 Å². The van der Waals surface area contributed by atoms with E-state index in [0.29, 0.717) is 5.41 Å². The van der Waals surface area contributed by atoms with Crippen molar-refractivity contribution in [1.82, 2.24) is 0 Å². The van der Waals surface area contributed by atoms with Gasteiger partial charge in [-0.3, -0.25) is 0 Å². The van der Waals surface area contributed by atoms with E-state index in [1.54, 1.807) is 12.8 Å². The molecule has 0 amide bonds. The van der Waals surface area contributed by atoms with E-state index >= 15 is 0 Å². The molecule has 0 spiro atoms. The van der Waals surface area contributed by atoms with Gasteiger partial charge >= 0.3 is 0 Å². The van der Waals surface area contributed by atoms with E-state index in [0.717, 1.165) is 136 Å². The van der Waals surface area contributed by atoms with Crippen molar-refractivity contribution in [2.45, 2.75) is 297 Å². The molecule has 5 aliphatic rings. The van der Waals surface area contributed by atoms with Crippen molar-refractivity contribution in [2.75, 3.05) is 0 Å². The lowest BCUT2D eigenvalue weighted by Gasteiger charge is -2.51. The first-order chi connectivity index (χ1) is 32.7. The first kappa shape index (κ1) is 59.9. The molecule has 0 aromatic heterocycles. The minimum atomic E-state index is 0.499. The summed E-state index contributed by atoms with van der Waals surface area (Å²) in [5, 5.41) is 0. The van der Waals surface area contributed by atoms with Gasteiger partial charge in [0.2, 0.25) is 0 Å². The molecule has 0 heterocycles. The first-order valence-corrected chi connectivity index (χ1v) is 32.7. The Labute approximate surface area is 437 Å². The van der Waals surface area contributed by atoms with Crippen molar-refractivity contribution in [1.29, 1.82) is 0 Å². The molecule has 406 valence electrons. The highest BCUT2D eigenvalue weighted by Gasteiger charge is 2.45. The molecule has 21 unspecified atom stereocenters. The molecule has 5 saturated carbocycles. The summed E-state index contributed by atoms with van der Waals surface area (Å²) in [7, 11) is 0. The fourth-order valence-corrected chi connectivity index (χ4v) is 18.2. The zero-order valence-electron chi connectivity index (χ0n) is 50.6. The van der Waals surface area contributed by atoms with Crippen LogP contribution in [0.1, 0.15) is 297 Å². The fraction of sp³-hybridized carbons (Fsp3) is 1.00. The van der Waals surface area contributed by atoms with Gasteiger partial charge in [0.15, 0.2) is 0 Å². The standard InChI is InChI=1S/C69H130/c1-18-48(7)35-53(12)54(13)39-61(37-49(8)36-58-28-29-59(41-58)38-52(11)47(5)6)42-60-30-31-63(43-60)50(9)32-33-69(16,17)65-24-20-22-57(44-65)27-26-51(10)66-25-21-23-64(40-55(66)14)56(15)67-45-62(19-2)68(67)34-46(3)4/h46-68H,18-45H2,1-17H3. The Morgan fingerprint density at radius 1 is 0.507 bits per heavy atom. The van der Waals surface area contributed by atoms with Crippen molar-refractivity contribution < 1.29 is 0 Å². The van der Waals surface area contributed by atoms with E-state index in [4.69, 9.17) is 0 Å². The van der Waals surface area contributed by atoms with Crippen molar-refractivity contribution in [3.8, 4) is 0 Å². The molecule has 5 fully saturated rings. The molecule has 0 radical (unpaired) electrons. The Hall–Kier alpha value is 0. The van der Waals surface area contributed by atoms with Crippen LogP contribution in [-0.4, -0.2) is 0 Å². The van der Waals surface area contributed by atoms with Crippen molar-refractivity contribution >= 4 is 0 Å². The van der Waals surface area contributed by atoms with E-state index in [-0.39, 0.29) is 0 Å². The summed E-state index contributed by atoms with van der Waals surface area (Å²) >= 11 is 0. The summed E-state index contributed by atoms with van der Waals surface area (Å²) in [5.41, 5.74) is 0.499. The highest BCUT2D eigenvalue weighted by atomic mass is 14.5. The molecule has 69 heavy (non-hydrogen) atoms. The second-order valence-corrected chi connectivity index (χ2v) is 30.6. The van der Waals surface area contributed by atoms with Crippen LogP contribution in [0.3, 0.4) is 0 Å². The van der Waals surface area contributed by atoms with Crippen LogP contribution in [-0.2, 0) is 0 Å². The molecule has 0 saturated heterocycles. The molecule has 21 atom stereocenters. The quantitative estimate of drug-likeness (QED) is 0.0656. The molecule has 0 aromatic rings. The Balaban J connectivity index is 1.06. The van der Waals surface area contributed by atoms with Gasteiger partial charge in [-0.2, -0.15) is 0 Å². The van der Waals surface area contributed by atoms with Gasteiger partial charge in [-0.15, -0.1) is 0 Å². The largest absolute Gasteiger partial charge is 0.0651 e. The second kappa shape index (κ2) is 28.8. The molecular formula is C69H130. The molecule has 0 heteroatoms. The molecule has 0 N–H and O–H groups in total. The Bertz CT molecular complexity index is 1370. The summed E-state index contributed by atoms with van der Waals surface area (Å²) in [6.07, 6.45) is 42.0. The van der Waals surface area contributed by atoms with Gasteiger partial charge in [-0.1, -0.05) is 188 Å². The van der Waals surface area contributed by atoms with E-state index in [1.165, 1.54) is 167 Å². The van der Waals surface area contributed by atoms with Gasteiger partial charge in [0.05, 0.1) is 0 Å². The third-order valence-electron chi connectivity index (χ3n) is 24.0. The molecule has 0 nitrogen and oxygen atoms in total. The summed E-state index contributed by atoms with van der Waals surface area (Å²) in [4.78, 5) is 0. The summed E-state index contributed by atoms with van der Waals surface area (Å²) in [6.45, 7) is 43.8. The smallest absolute Gasteiger partial charge is 0.0326 e. The third-order valence-corrected chi connectivity index (χ3v) is 24.0. The monoisotopic (exact) mass is 959 g/mol. The molecule has 0 aliphatic heterocycles. The maximum atomic E-state index is 2.71. The molecule has 5 rings (SSSR count). The average Bonchev–Trinajstić information content (AvgIpc) is 3.90. The van der Waals surface area contributed by atoms with E-state index < -0.39 is 0 Å². The lowest BCUT2D eigenvalue weighted by molar-refractivity contribution is -0.0134. The highest BCUT2D eigenvalue weighted by molar-refractivity contribution is 4.95. The second-order valence-electron chi connectivity index (χ2n) is 30.6. The van der Waals surface area contributed by atoms with Crippen LogP contribution < -0.4 is 0 Å². The highest BCUT2D eigenvalue weighted by Crippen LogP contribution is 2.54. The van der Waals surface area contributed by atoms with E-state index in [2.05, 4.69) is 118 Å². The minimum Gasteiger partial charge on any atom is -0.0651 e. The first-order valence-electron chi connectivity index (χ1n) is 32.7. The van der Waals surface area contributed by atoms with Gasteiger partial charge in [0, 0.05) is 0 Å². The van der Waals surface area contributed by atoms with Crippen LogP contribution in [0, 0.1) is 142 Å². The summed E-state index contributed by atoms with van der Waals surface area (Å²) in [6, 6.07) is 0. The zero-order chi connectivity index (χ0) is 50.6. The zero-order valence-corrected chi connectivity index (χ0v) is 50.6. The molecule has 5 aliphatic carbocycles. The third kappa shape index (κ3) is 18.4. The fourth-order valence-electron chi connectivity index (χ4n) is 18.2. The SMILES string of the molecule is CCC(C)CC(C)C(C)CC(CC(C)CC1CCC(CC(C)C(C)C)C1)CC1CCC(C(C)CCC(C)(C)C2CCCC(CCC(C)C3CCCC(C(C)C4CC(CC)C4CC(C)C)CC3C)C2)C1. The van der Waals surface area contributed by atoms with Crippen LogP contribution >= 0.6 is 0 Å². The summed E-state index contributed by atoms with van der Waals surface area (Å²) in [5.74, 6) is 21.6. The average molecular weight is 960 g/mol. The Morgan fingerprint density at radius 2 is 1.17 bits per heavy atom. The number of hydrogen-bond donors (Lipinski definition) is 0.